The molecule has 0 saturated carbocycles. The van der Waals surface area contributed by atoms with Crippen LogP contribution >= 0.6 is 0 Å². The van der Waals surface area contributed by atoms with Gasteiger partial charge in [-0.15, -0.1) is 0 Å². The van der Waals surface area contributed by atoms with Crippen LogP contribution in [0.5, 0.6) is 5.75 Å². The lowest BCUT2D eigenvalue weighted by Crippen LogP contribution is -2.11. The number of hydrogen-bond acceptors (Lipinski definition) is 4. The third kappa shape index (κ3) is 2.93. The van der Waals surface area contributed by atoms with Crippen molar-refractivity contribution in [3.63, 3.8) is 0 Å². The standard InChI is InChI=1S/C20H17N3O3/c1-2-25-17-7-4-3-6-14(17)13-9-10-15-16(12-13)22-23-19(15)21-20(24)18-8-5-11-26-18/h3-12H,2H2,1H3,(H2,21,22,23,24). The number of benzene rings is 2. The van der Waals surface area contributed by atoms with Gasteiger partial charge in [0.1, 0.15) is 5.75 Å². The number of aromatic amines is 1. The van der Waals surface area contributed by atoms with Crippen LogP contribution < -0.4 is 10.1 Å². The summed E-state index contributed by atoms with van der Waals surface area (Å²) in [6, 6.07) is 17.1. The van der Waals surface area contributed by atoms with E-state index in [1.165, 1.54) is 6.26 Å². The Kier molecular flexibility index (Phi) is 4.15. The molecule has 0 spiro atoms. The molecule has 4 rings (SSSR count). The molecule has 1 amide bonds. The number of carbonyl (C=O) groups is 1. The van der Waals surface area contributed by atoms with Crippen LogP contribution in [-0.4, -0.2) is 22.7 Å². The molecule has 2 heterocycles. The van der Waals surface area contributed by atoms with E-state index in [1.807, 2.05) is 49.4 Å². The number of hydrogen-bond donors (Lipinski definition) is 2. The van der Waals surface area contributed by atoms with Crippen molar-refractivity contribution in [2.75, 3.05) is 11.9 Å². The number of fused-ring (bicyclic) bond motifs is 1. The molecule has 4 aromatic rings. The van der Waals surface area contributed by atoms with Gasteiger partial charge in [-0.1, -0.05) is 24.3 Å². The van der Waals surface area contributed by atoms with E-state index >= 15 is 0 Å². The molecular weight excluding hydrogens is 330 g/mol. The van der Waals surface area contributed by atoms with E-state index in [1.54, 1.807) is 12.1 Å². The molecule has 2 N–H and O–H groups in total. The van der Waals surface area contributed by atoms with Gasteiger partial charge in [0.2, 0.25) is 0 Å². The minimum atomic E-state index is -0.339. The van der Waals surface area contributed by atoms with Gasteiger partial charge in [0.15, 0.2) is 11.6 Å². The number of anilines is 1. The predicted molar refractivity (Wildman–Crippen MR) is 99.4 cm³/mol. The van der Waals surface area contributed by atoms with E-state index in [2.05, 4.69) is 15.5 Å². The van der Waals surface area contributed by atoms with E-state index in [-0.39, 0.29) is 11.7 Å². The minimum Gasteiger partial charge on any atom is -0.493 e. The van der Waals surface area contributed by atoms with Crippen LogP contribution in [-0.2, 0) is 0 Å². The highest BCUT2D eigenvalue weighted by Crippen LogP contribution is 2.33. The monoisotopic (exact) mass is 347 g/mol. The largest absolute Gasteiger partial charge is 0.493 e. The van der Waals surface area contributed by atoms with Gasteiger partial charge in [-0.05, 0) is 42.8 Å². The molecule has 0 unspecified atom stereocenters. The Labute approximate surface area is 149 Å². The molecule has 0 fully saturated rings. The first-order valence-corrected chi connectivity index (χ1v) is 8.31. The van der Waals surface area contributed by atoms with E-state index in [4.69, 9.17) is 9.15 Å². The molecule has 0 aliphatic rings. The maximum absolute atomic E-state index is 12.1. The number of carbonyl (C=O) groups excluding carboxylic acids is 1. The number of rotatable bonds is 5. The fourth-order valence-corrected chi connectivity index (χ4v) is 2.85. The molecule has 26 heavy (non-hydrogen) atoms. The molecule has 0 bridgehead atoms. The fraction of sp³-hybridized carbons (Fsp3) is 0.100. The zero-order valence-electron chi connectivity index (χ0n) is 14.2. The average molecular weight is 347 g/mol. The summed E-state index contributed by atoms with van der Waals surface area (Å²) < 4.78 is 10.8. The summed E-state index contributed by atoms with van der Waals surface area (Å²) in [7, 11) is 0. The van der Waals surface area contributed by atoms with Crippen molar-refractivity contribution in [2.24, 2.45) is 0 Å². The summed E-state index contributed by atoms with van der Waals surface area (Å²) in [5, 5.41) is 10.8. The summed E-state index contributed by atoms with van der Waals surface area (Å²) >= 11 is 0. The number of aromatic nitrogens is 2. The van der Waals surface area contributed by atoms with E-state index in [9.17, 15) is 4.79 Å². The number of nitrogens with one attached hydrogen (secondary N) is 2. The first-order valence-electron chi connectivity index (χ1n) is 8.31. The lowest BCUT2D eigenvalue weighted by atomic mass is 10.0. The van der Waals surface area contributed by atoms with Crippen LogP contribution in [0.2, 0.25) is 0 Å². The molecule has 6 heteroatoms. The van der Waals surface area contributed by atoms with Crippen molar-refractivity contribution < 1.29 is 13.9 Å². The fourth-order valence-electron chi connectivity index (χ4n) is 2.85. The Morgan fingerprint density at radius 2 is 2.08 bits per heavy atom. The Morgan fingerprint density at radius 3 is 2.88 bits per heavy atom. The topological polar surface area (TPSA) is 80.2 Å². The summed E-state index contributed by atoms with van der Waals surface area (Å²) in [5.74, 6) is 1.20. The van der Waals surface area contributed by atoms with E-state index in [0.29, 0.717) is 12.4 Å². The van der Waals surface area contributed by atoms with Gasteiger partial charge in [-0.25, -0.2) is 0 Å². The number of nitrogens with zero attached hydrogens (tertiary/aromatic N) is 1. The van der Waals surface area contributed by atoms with Crippen molar-refractivity contribution >= 4 is 22.6 Å². The highest BCUT2D eigenvalue weighted by atomic mass is 16.5. The lowest BCUT2D eigenvalue weighted by molar-refractivity contribution is 0.0996. The average Bonchev–Trinajstić information content (AvgIpc) is 3.32. The van der Waals surface area contributed by atoms with Crippen LogP contribution in [0, 0.1) is 0 Å². The molecule has 130 valence electrons. The maximum atomic E-state index is 12.1. The molecule has 0 aliphatic heterocycles. The Balaban J connectivity index is 1.67. The molecule has 0 atom stereocenters. The van der Waals surface area contributed by atoms with Gasteiger partial charge in [-0.2, -0.15) is 5.10 Å². The van der Waals surface area contributed by atoms with Crippen molar-refractivity contribution in [3.05, 3.63) is 66.6 Å². The normalized spacial score (nSPS) is 10.8. The zero-order valence-corrected chi connectivity index (χ0v) is 14.2. The molecule has 0 saturated heterocycles. The molecule has 0 radical (unpaired) electrons. The second kappa shape index (κ2) is 6.76. The smallest absolute Gasteiger partial charge is 0.292 e. The van der Waals surface area contributed by atoms with Crippen LogP contribution in [0.1, 0.15) is 17.5 Å². The van der Waals surface area contributed by atoms with E-state index in [0.717, 1.165) is 27.8 Å². The SMILES string of the molecule is CCOc1ccccc1-c1ccc2c(NC(=O)c3ccco3)n[nH]c2c1. The van der Waals surface area contributed by atoms with Crippen LogP contribution in [0.3, 0.4) is 0 Å². The summed E-state index contributed by atoms with van der Waals surface area (Å²) in [6.45, 7) is 2.56. The third-order valence-electron chi connectivity index (χ3n) is 4.04. The predicted octanol–water partition coefficient (Wildman–Crippen LogP) is 4.47. The highest BCUT2D eigenvalue weighted by molar-refractivity contribution is 6.06. The van der Waals surface area contributed by atoms with Gasteiger partial charge in [0.25, 0.3) is 5.91 Å². The first-order chi connectivity index (χ1) is 12.8. The summed E-state index contributed by atoms with van der Waals surface area (Å²) in [6.07, 6.45) is 1.46. The molecule has 2 aromatic heterocycles. The van der Waals surface area contributed by atoms with Gasteiger partial charge in [-0.3, -0.25) is 9.89 Å². The molecule has 2 aromatic carbocycles. The number of furan rings is 1. The van der Waals surface area contributed by atoms with Crippen molar-refractivity contribution in [2.45, 2.75) is 6.92 Å². The van der Waals surface area contributed by atoms with E-state index < -0.39 is 0 Å². The van der Waals surface area contributed by atoms with Gasteiger partial charge >= 0.3 is 0 Å². The minimum absolute atomic E-state index is 0.239. The van der Waals surface area contributed by atoms with Crippen molar-refractivity contribution in [1.82, 2.24) is 10.2 Å². The number of amides is 1. The summed E-state index contributed by atoms with van der Waals surface area (Å²) in [4.78, 5) is 12.1. The number of para-hydroxylation sites is 1. The van der Waals surface area contributed by atoms with Gasteiger partial charge < -0.3 is 14.5 Å². The second-order valence-electron chi connectivity index (χ2n) is 5.69. The lowest BCUT2D eigenvalue weighted by Gasteiger charge is -2.10. The Bertz CT molecular complexity index is 1050. The Hall–Kier alpha value is -3.54. The highest BCUT2D eigenvalue weighted by Gasteiger charge is 2.14. The quantitative estimate of drug-likeness (QED) is 0.558. The third-order valence-corrected chi connectivity index (χ3v) is 4.04. The second-order valence-corrected chi connectivity index (χ2v) is 5.69. The summed E-state index contributed by atoms with van der Waals surface area (Å²) in [5.41, 5.74) is 2.84. The molecule has 0 aliphatic carbocycles. The van der Waals surface area contributed by atoms with Crippen molar-refractivity contribution in [3.8, 4) is 16.9 Å². The van der Waals surface area contributed by atoms with Crippen molar-refractivity contribution in [1.29, 1.82) is 0 Å². The number of H-pyrrole nitrogens is 1. The molecule has 6 nitrogen and oxygen atoms in total. The number of ether oxygens (including phenoxy) is 1. The van der Waals surface area contributed by atoms with Gasteiger partial charge in [0, 0.05) is 10.9 Å². The molecular formula is C20H17N3O3. The Morgan fingerprint density at radius 1 is 1.19 bits per heavy atom. The zero-order chi connectivity index (χ0) is 17.9. The van der Waals surface area contributed by atoms with Crippen LogP contribution in [0.15, 0.2) is 65.3 Å². The maximum Gasteiger partial charge on any atom is 0.292 e. The van der Waals surface area contributed by atoms with Crippen LogP contribution in [0.4, 0.5) is 5.82 Å². The van der Waals surface area contributed by atoms with Crippen LogP contribution in [0.25, 0.3) is 22.0 Å². The first kappa shape index (κ1) is 16.0. The van der Waals surface area contributed by atoms with Gasteiger partial charge in [0.05, 0.1) is 18.4 Å².